The Morgan fingerprint density at radius 2 is 2.00 bits per heavy atom. The lowest BCUT2D eigenvalue weighted by atomic mass is 9.99. The van der Waals surface area contributed by atoms with Gasteiger partial charge in [0.05, 0.1) is 0 Å². The van der Waals surface area contributed by atoms with Crippen LogP contribution >= 0.6 is 0 Å². The fraction of sp³-hybridized carbons (Fsp3) is 0.938. The monoisotopic (exact) mass is 282 g/mol. The first-order valence-corrected chi connectivity index (χ1v) is 8.42. The zero-order chi connectivity index (χ0) is 14.8. The number of hydrogen-bond acceptors (Lipinski definition) is 2. The van der Waals surface area contributed by atoms with E-state index in [1.54, 1.807) is 0 Å². The molecule has 0 aromatic carbocycles. The lowest BCUT2D eigenvalue weighted by Crippen LogP contribution is -2.42. The lowest BCUT2D eigenvalue weighted by molar-refractivity contribution is 0.192. The Bertz CT molecular complexity index is 270. The van der Waals surface area contributed by atoms with Crippen molar-refractivity contribution < 1.29 is 0 Å². The van der Waals surface area contributed by atoms with Crippen LogP contribution in [0.1, 0.15) is 53.4 Å². The SMILES string of the molecule is CCNC(=NCCCN1CCC(C)CC1)NC(C)CC. The molecule has 118 valence electrons. The highest BCUT2D eigenvalue weighted by Gasteiger charge is 2.14. The molecule has 1 aliphatic rings. The molecule has 0 bridgehead atoms. The van der Waals surface area contributed by atoms with Crippen LogP contribution < -0.4 is 10.6 Å². The van der Waals surface area contributed by atoms with E-state index in [-0.39, 0.29) is 0 Å². The molecule has 1 fully saturated rings. The second-order valence-electron chi connectivity index (χ2n) is 6.09. The van der Waals surface area contributed by atoms with Gasteiger partial charge in [-0.15, -0.1) is 0 Å². The molecule has 0 aromatic rings. The molecule has 0 aromatic heterocycles. The summed E-state index contributed by atoms with van der Waals surface area (Å²) in [7, 11) is 0. The minimum atomic E-state index is 0.483. The first kappa shape index (κ1) is 17.3. The Balaban J connectivity index is 2.22. The van der Waals surface area contributed by atoms with E-state index in [0.717, 1.165) is 37.8 Å². The summed E-state index contributed by atoms with van der Waals surface area (Å²) in [5.74, 6) is 1.89. The van der Waals surface area contributed by atoms with E-state index in [1.807, 2.05) is 0 Å². The summed E-state index contributed by atoms with van der Waals surface area (Å²) < 4.78 is 0. The molecular formula is C16H34N4. The molecule has 0 spiro atoms. The average molecular weight is 282 g/mol. The van der Waals surface area contributed by atoms with Gasteiger partial charge in [0, 0.05) is 19.1 Å². The fourth-order valence-corrected chi connectivity index (χ4v) is 2.43. The largest absolute Gasteiger partial charge is 0.357 e. The van der Waals surface area contributed by atoms with Gasteiger partial charge >= 0.3 is 0 Å². The summed E-state index contributed by atoms with van der Waals surface area (Å²) in [6.07, 6.45) is 5.00. The van der Waals surface area contributed by atoms with E-state index in [0.29, 0.717) is 6.04 Å². The Kier molecular flexibility index (Phi) is 8.67. The van der Waals surface area contributed by atoms with E-state index in [1.165, 1.54) is 32.5 Å². The molecule has 0 saturated carbocycles. The summed E-state index contributed by atoms with van der Waals surface area (Å²) in [5, 5.41) is 6.75. The molecule has 1 unspecified atom stereocenters. The highest BCUT2D eigenvalue weighted by atomic mass is 15.2. The highest BCUT2D eigenvalue weighted by molar-refractivity contribution is 5.79. The maximum absolute atomic E-state index is 4.67. The highest BCUT2D eigenvalue weighted by Crippen LogP contribution is 2.15. The fourth-order valence-electron chi connectivity index (χ4n) is 2.43. The van der Waals surface area contributed by atoms with Crippen molar-refractivity contribution >= 4 is 5.96 Å². The van der Waals surface area contributed by atoms with Gasteiger partial charge in [0.25, 0.3) is 0 Å². The van der Waals surface area contributed by atoms with Crippen LogP contribution in [-0.2, 0) is 0 Å². The van der Waals surface area contributed by atoms with Crippen LogP contribution in [0.25, 0.3) is 0 Å². The molecule has 1 aliphatic heterocycles. The Hall–Kier alpha value is -0.770. The van der Waals surface area contributed by atoms with Crippen molar-refractivity contribution in [1.29, 1.82) is 0 Å². The Labute approximate surface area is 125 Å². The summed E-state index contributed by atoms with van der Waals surface area (Å²) in [6.45, 7) is 14.4. The number of aliphatic imine (C=N–C) groups is 1. The smallest absolute Gasteiger partial charge is 0.191 e. The number of guanidine groups is 1. The average Bonchev–Trinajstić information content (AvgIpc) is 2.45. The van der Waals surface area contributed by atoms with Gasteiger partial charge in [0.15, 0.2) is 5.96 Å². The third-order valence-corrected chi connectivity index (χ3v) is 4.12. The number of likely N-dealkylation sites (tertiary alicyclic amines) is 1. The summed E-state index contributed by atoms with van der Waals surface area (Å²) in [5.41, 5.74) is 0. The van der Waals surface area contributed by atoms with Crippen LogP contribution in [0.4, 0.5) is 0 Å². The molecule has 1 saturated heterocycles. The zero-order valence-electron chi connectivity index (χ0n) is 13.9. The molecule has 0 aliphatic carbocycles. The van der Waals surface area contributed by atoms with Crippen LogP contribution in [0, 0.1) is 5.92 Å². The molecule has 1 atom stereocenters. The second kappa shape index (κ2) is 10.0. The standard InChI is InChI=1S/C16H34N4/c1-5-15(4)19-16(17-6-2)18-10-7-11-20-12-8-14(3)9-13-20/h14-15H,5-13H2,1-4H3,(H2,17,18,19). The van der Waals surface area contributed by atoms with Crippen molar-refractivity contribution in [2.45, 2.75) is 59.4 Å². The first-order valence-electron chi connectivity index (χ1n) is 8.42. The number of nitrogens with one attached hydrogen (secondary N) is 2. The van der Waals surface area contributed by atoms with Gasteiger partial charge < -0.3 is 15.5 Å². The van der Waals surface area contributed by atoms with Crippen molar-refractivity contribution in [1.82, 2.24) is 15.5 Å². The van der Waals surface area contributed by atoms with Gasteiger partial charge in [0.1, 0.15) is 0 Å². The van der Waals surface area contributed by atoms with Gasteiger partial charge in [-0.05, 0) is 65.1 Å². The molecule has 0 amide bonds. The minimum absolute atomic E-state index is 0.483. The summed E-state index contributed by atoms with van der Waals surface area (Å²) in [6, 6.07) is 0.483. The Morgan fingerprint density at radius 1 is 1.30 bits per heavy atom. The first-order chi connectivity index (χ1) is 9.65. The van der Waals surface area contributed by atoms with Gasteiger partial charge in [-0.3, -0.25) is 4.99 Å². The van der Waals surface area contributed by atoms with Crippen molar-refractivity contribution in [2.24, 2.45) is 10.9 Å². The lowest BCUT2D eigenvalue weighted by Gasteiger charge is -2.29. The van der Waals surface area contributed by atoms with Crippen LogP contribution in [-0.4, -0.2) is 49.6 Å². The van der Waals surface area contributed by atoms with Crippen LogP contribution in [0.5, 0.6) is 0 Å². The van der Waals surface area contributed by atoms with Gasteiger partial charge in [-0.1, -0.05) is 13.8 Å². The van der Waals surface area contributed by atoms with Crippen molar-refractivity contribution in [3.8, 4) is 0 Å². The van der Waals surface area contributed by atoms with Crippen molar-refractivity contribution in [3.05, 3.63) is 0 Å². The van der Waals surface area contributed by atoms with E-state index in [9.17, 15) is 0 Å². The number of nitrogens with zero attached hydrogens (tertiary/aromatic N) is 2. The molecule has 0 radical (unpaired) electrons. The quantitative estimate of drug-likeness (QED) is 0.428. The molecule has 1 rings (SSSR count). The summed E-state index contributed by atoms with van der Waals surface area (Å²) in [4.78, 5) is 7.26. The number of hydrogen-bond donors (Lipinski definition) is 2. The molecule has 4 heteroatoms. The predicted octanol–water partition coefficient (Wildman–Crippen LogP) is 2.46. The third kappa shape index (κ3) is 7.13. The molecule has 20 heavy (non-hydrogen) atoms. The third-order valence-electron chi connectivity index (χ3n) is 4.12. The molecular weight excluding hydrogens is 248 g/mol. The number of rotatable bonds is 7. The zero-order valence-corrected chi connectivity index (χ0v) is 13.9. The van der Waals surface area contributed by atoms with Crippen molar-refractivity contribution in [3.63, 3.8) is 0 Å². The van der Waals surface area contributed by atoms with Crippen LogP contribution in [0.2, 0.25) is 0 Å². The van der Waals surface area contributed by atoms with Crippen LogP contribution in [0.3, 0.4) is 0 Å². The number of piperidine rings is 1. The maximum atomic E-state index is 4.67. The minimum Gasteiger partial charge on any atom is -0.357 e. The molecule has 2 N–H and O–H groups in total. The van der Waals surface area contributed by atoms with Crippen molar-refractivity contribution in [2.75, 3.05) is 32.7 Å². The van der Waals surface area contributed by atoms with E-state index in [2.05, 4.69) is 48.2 Å². The molecule has 4 nitrogen and oxygen atoms in total. The van der Waals surface area contributed by atoms with Gasteiger partial charge in [-0.25, -0.2) is 0 Å². The van der Waals surface area contributed by atoms with E-state index in [4.69, 9.17) is 0 Å². The maximum Gasteiger partial charge on any atom is 0.191 e. The second-order valence-corrected chi connectivity index (χ2v) is 6.09. The van der Waals surface area contributed by atoms with Crippen LogP contribution in [0.15, 0.2) is 4.99 Å². The Morgan fingerprint density at radius 3 is 2.60 bits per heavy atom. The predicted molar refractivity (Wildman–Crippen MR) is 88.3 cm³/mol. The summed E-state index contributed by atoms with van der Waals surface area (Å²) >= 11 is 0. The van der Waals surface area contributed by atoms with Gasteiger partial charge in [0.2, 0.25) is 0 Å². The topological polar surface area (TPSA) is 39.7 Å². The van der Waals surface area contributed by atoms with Gasteiger partial charge in [-0.2, -0.15) is 0 Å². The normalized spacial score (nSPS) is 19.9. The van der Waals surface area contributed by atoms with E-state index >= 15 is 0 Å². The molecule has 1 heterocycles. The van der Waals surface area contributed by atoms with E-state index < -0.39 is 0 Å².